The molecule has 0 heterocycles. The molecule has 0 radical (unpaired) electrons. The monoisotopic (exact) mass is 217 g/mol. The highest BCUT2D eigenvalue weighted by Gasteiger charge is 2.22. The number of rotatable bonds is 8. The van der Waals surface area contributed by atoms with Gasteiger partial charge in [0.25, 0.3) is 0 Å². The van der Waals surface area contributed by atoms with Crippen LogP contribution in [0, 0.1) is 11.3 Å². The molecule has 0 aromatic heterocycles. The minimum atomic E-state index is -0.0651. The van der Waals surface area contributed by atoms with Crippen LogP contribution in [-0.2, 0) is 0 Å². The molecule has 0 spiro atoms. The Labute approximate surface area is 93.9 Å². The molecule has 0 amide bonds. The fourth-order valence-electron chi connectivity index (χ4n) is 1.47. The number of hydrogen-bond acceptors (Lipinski definition) is 3. The summed E-state index contributed by atoms with van der Waals surface area (Å²) in [6.45, 7) is 9.56. The summed E-state index contributed by atoms with van der Waals surface area (Å²) in [5.41, 5.74) is -0.0651. The van der Waals surface area contributed by atoms with Crippen LogP contribution >= 0.6 is 0 Å². The molecule has 92 valence electrons. The van der Waals surface area contributed by atoms with Crippen LogP contribution < -0.4 is 5.32 Å². The third kappa shape index (κ3) is 6.13. The fourth-order valence-corrected chi connectivity index (χ4v) is 1.47. The van der Waals surface area contributed by atoms with E-state index < -0.39 is 0 Å². The largest absolute Gasteiger partial charge is 0.396 e. The molecule has 0 saturated carbocycles. The number of aliphatic hydroxyl groups excluding tert-OH is 2. The van der Waals surface area contributed by atoms with Gasteiger partial charge in [0.2, 0.25) is 0 Å². The van der Waals surface area contributed by atoms with Crippen LogP contribution in [0.4, 0.5) is 0 Å². The number of hydrogen-bond donors (Lipinski definition) is 3. The van der Waals surface area contributed by atoms with Gasteiger partial charge in [0.15, 0.2) is 0 Å². The average Bonchev–Trinajstić information content (AvgIpc) is 2.23. The Morgan fingerprint density at radius 3 is 2.20 bits per heavy atom. The molecule has 2 atom stereocenters. The van der Waals surface area contributed by atoms with Crippen molar-refractivity contribution in [2.45, 2.75) is 46.6 Å². The summed E-state index contributed by atoms with van der Waals surface area (Å²) in [5, 5.41) is 21.8. The molecule has 3 heteroatoms. The zero-order valence-electron chi connectivity index (χ0n) is 10.6. The number of aliphatic hydroxyl groups is 2. The first kappa shape index (κ1) is 14.9. The van der Waals surface area contributed by atoms with Crippen LogP contribution in [0.3, 0.4) is 0 Å². The van der Waals surface area contributed by atoms with Crippen molar-refractivity contribution in [3.8, 4) is 0 Å². The van der Waals surface area contributed by atoms with E-state index in [1.54, 1.807) is 0 Å². The summed E-state index contributed by atoms with van der Waals surface area (Å²) in [6, 6.07) is 0.155. The van der Waals surface area contributed by atoms with E-state index in [-0.39, 0.29) is 24.7 Å². The van der Waals surface area contributed by atoms with Crippen LogP contribution in [0.1, 0.15) is 40.5 Å². The molecule has 2 unspecified atom stereocenters. The Hall–Kier alpha value is -0.120. The highest BCUT2D eigenvalue weighted by Crippen LogP contribution is 2.19. The zero-order chi connectivity index (χ0) is 11.9. The van der Waals surface area contributed by atoms with Crippen molar-refractivity contribution in [1.29, 1.82) is 0 Å². The predicted octanol–water partition coefficient (Wildman–Crippen LogP) is 1.39. The summed E-state index contributed by atoms with van der Waals surface area (Å²) in [4.78, 5) is 0. The van der Waals surface area contributed by atoms with Crippen molar-refractivity contribution >= 4 is 0 Å². The lowest BCUT2D eigenvalue weighted by atomic mass is 9.88. The Balaban J connectivity index is 3.98. The predicted molar refractivity (Wildman–Crippen MR) is 63.8 cm³/mol. The highest BCUT2D eigenvalue weighted by atomic mass is 16.3. The van der Waals surface area contributed by atoms with E-state index in [0.29, 0.717) is 5.92 Å². The van der Waals surface area contributed by atoms with Crippen molar-refractivity contribution in [2.75, 3.05) is 19.8 Å². The van der Waals surface area contributed by atoms with E-state index in [4.69, 9.17) is 0 Å². The van der Waals surface area contributed by atoms with Gasteiger partial charge < -0.3 is 15.5 Å². The molecule has 0 aliphatic carbocycles. The van der Waals surface area contributed by atoms with Gasteiger partial charge in [-0.1, -0.05) is 27.7 Å². The lowest BCUT2D eigenvalue weighted by Crippen LogP contribution is -2.42. The minimum Gasteiger partial charge on any atom is -0.396 e. The molecule has 3 nitrogen and oxygen atoms in total. The van der Waals surface area contributed by atoms with Gasteiger partial charge in [0.05, 0.1) is 6.61 Å². The first-order valence-electron chi connectivity index (χ1n) is 5.92. The highest BCUT2D eigenvalue weighted by molar-refractivity contribution is 4.77. The summed E-state index contributed by atoms with van der Waals surface area (Å²) >= 11 is 0. The van der Waals surface area contributed by atoms with E-state index in [0.717, 1.165) is 19.4 Å². The van der Waals surface area contributed by atoms with Gasteiger partial charge >= 0.3 is 0 Å². The standard InChI is InChI=1S/C12H27NO2/c1-5-12(4,9-15)8-13-11(7-14)6-10(2)3/h10-11,13-15H,5-9H2,1-4H3. The van der Waals surface area contributed by atoms with Crippen molar-refractivity contribution < 1.29 is 10.2 Å². The molecule has 0 bridgehead atoms. The van der Waals surface area contributed by atoms with Gasteiger partial charge in [-0.25, -0.2) is 0 Å². The Morgan fingerprint density at radius 1 is 1.27 bits per heavy atom. The molecule has 0 aromatic carbocycles. The second kappa shape index (κ2) is 7.20. The first-order chi connectivity index (χ1) is 6.97. The molecule has 0 fully saturated rings. The van der Waals surface area contributed by atoms with Gasteiger partial charge in [0.1, 0.15) is 0 Å². The molecule has 0 saturated heterocycles. The first-order valence-corrected chi connectivity index (χ1v) is 5.92. The molecule has 0 aliphatic heterocycles. The van der Waals surface area contributed by atoms with Crippen LogP contribution in [0.15, 0.2) is 0 Å². The maximum Gasteiger partial charge on any atom is 0.0584 e. The molecule has 0 rings (SSSR count). The topological polar surface area (TPSA) is 52.5 Å². The maximum atomic E-state index is 9.25. The van der Waals surface area contributed by atoms with E-state index in [2.05, 4.69) is 33.0 Å². The van der Waals surface area contributed by atoms with Crippen molar-refractivity contribution in [3.05, 3.63) is 0 Å². The van der Waals surface area contributed by atoms with Crippen LogP contribution in [0.5, 0.6) is 0 Å². The molecular formula is C12H27NO2. The summed E-state index contributed by atoms with van der Waals surface area (Å²) in [6.07, 6.45) is 1.91. The normalized spacial score (nSPS) is 17.8. The third-order valence-electron chi connectivity index (χ3n) is 3.03. The summed E-state index contributed by atoms with van der Waals surface area (Å²) in [5.74, 6) is 0.580. The minimum absolute atomic E-state index is 0.0651. The van der Waals surface area contributed by atoms with Gasteiger partial charge in [-0.3, -0.25) is 0 Å². The van der Waals surface area contributed by atoms with Crippen molar-refractivity contribution in [3.63, 3.8) is 0 Å². The van der Waals surface area contributed by atoms with Crippen LogP contribution in [-0.4, -0.2) is 36.0 Å². The van der Waals surface area contributed by atoms with Crippen molar-refractivity contribution in [1.82, 2.24) is 5.32 Å². The van der Waals surface area contributed by atoms with E-state index >= 15 is 0 Å². The number of nitrogens with one attached hydrogen (secondary N) is 1. The van der Waals surface area contributed by atoms with Gasteiger partial charge in [-0.2, -0.15) is 0 Å². The Morgan fingerprint density at radius 2 is 1.87 bits per heavy atom. The van der Waals surface area contributed by atoms with E-state index in [9.17, 15) is 10.2 Å². The molecule has 0 aromatic rings. The third-order valence-corrected chi connectivity index (χ3v) is 3.03. The Bertz CT molecular complexity index is 156. The van der Waals surface area contributed by atoms with Crippen LogP contribution in [0.25, 0.3) is 0 Å². The fraction of sp³-hybridized carbons (Fsp3) is 1.00. The zero-order valence-corrected chi connectivity index (χ0v) is 10.6. The van der Waals surface area contributed by atoms with Gasteiger partial charge in [0, 0.05) is 24.6 Å². The van der Waals surface area contributed by atoms with E-state index in [1.807, 2.05) is 0 Å². The smallest absolute Gasteiger partial charge is 0.0584 e. The lowest BCUT2D eigenvalue weighted by Gasteiger charge is -2.29. The van der Waals surface area contributed by atoms with Gasteiger partial charge in [-0.15, -0.1) is 0 Å². The molecular weight excluding hydrogens is 190 g/mol. The lowest BCUT2D eigenvalue weighted by molar-refractivity contribution is 0.122. The van der Waals surface area contributed by atoms with Crippen molar-refractivity contribution in [2.24, 2.45) is 11.3 Å². The Kier molecular flexibility index (Phi) is 7.14. The second-order valence-electron chi connectivity index (χ2n) is 5.21. The summed E-state index contributed by atoms with van der Waals surface area (Å²) < 4.78 is 0. The molecule has 0 aliphatic rings. The molecule has 15 heavy (non-hydrogen) atoms. The SMILES string of the molecule is CCC(C)(CO)CNC(CO)CC(C)C. The quantitative estimate of drug-likeness (QED) is 0.576. The molecule has 3 N–H and O–H groups in total. The summed E-state index contributed by atoms with van der Waals surface area (Å²) in [7, 11) is 0. The van der Waals surface area contributed by atoms with Crippen LogP contribution in [0.2, 0.25) is 0 Å². The van der Waals surface area contributed by atoms with E-state index in [1.165, 1.54) is 0 Å². The average molecular weight is 217 g/mol. The second-order valence-corrected chi connectivity index (χ2v) is 5.21. The maximum absolute atomic E-state index is 9.25. The van der Waals surface area contributed by atoms with Gasteiger partial charge in [-0.05, 0) is 18.8 Å².